The molecule has 0 spiro atoms. The van der Waals surface area contributed by atoms with Crippen molar-refractivity contribution in [1.29, 1.82) is 0 Å². The highest BCUT2D eigenvalue weighted by Crippen LogP contribution is 2.20. The number of aryl methyl sites for hydroxylation is 1. The van der Waals surface area contributed by atoms with E-state index in [9.17, 15) is 13.2 Å². The number of hydrogen-bond donors (Lipinski definition) is 0. The SMILES string of the molecule is CCc1ccc(C(=O)CS(=O)(=O)C(C)C(C)C)s1. The van der Waals surface area contributed by atoms with E-state index in [4.69, 9.17) is 0 Å². The second-order valence-corrected chi connectivity index (χ2v) is 8.33. The minimum Gasteiger partial charge on any atom is -0.292 e. The van der Waals surface area contributed by atoms with Crippen molar-refractivity contribution < 1.29 is 13.2 Å². The molecular formula is C13H20O3S2. The molecule has 0 saturated heterocycles. The Kier molecular flexibility index (Phi) is 5.10. The maximum Gasteiger partial charge on any atom is 0.187 e. The second kappa shape index (κ2) is 5.97. The molecule has 0 saturated carbocycles. The van der Waals surface area contributed by atoms with Gasteiger partial charge < -0.3 is 0 Å². The molecule has 102 valence electrons. The highest BCUT2D eigenvalue weighted by Gasteiger charge is 2.27. The first-order valence-corrected chi connectivity index (χ1v) is 8.64. The quantitative estimate of drug-likeness (QED) is 0.756. The monoisotopic (exact) mass is 288 g/mol. The van der Waals surface area contributed by atoms with Crippen LogP contribution in [0.25, 0.3) is 0 Å². The lowest BCUT2D eigenvalue weighted by molar-refractivity contribution is 0.102. The van der Waals surface area contributed by atoms with E-state index in [0.29, 0.717) is 4.88 Å². The Labute approximate surface area is 113 Å². The number of hydrogen-bond acceptors (Lipinski definition) is 4. The lowest BCUT2D eigenvalue weighted by Gasteiger charge is -2.15. The van der Waals surface area contributed by atoms with Gasteiger partial charge in [0.2, 0.25) is 0 Å². The second-order valence-electron chi connectivity index (χ2n) is 4.80. The number of ketones is 1. The van der Waals surface area contributed by atoms with Gasteiger partial charge in [-0.3, -0.25) is 4.79 Å². The van der Waals surface area contributed by atoms with Crippen LogP contribution >= 0.6 is 11.3 Å². The summed E-state index contributed by atoms with van der Waals surface area (Å²) in [5, 5.41) is -0.480. The normalized spacial score (nSPS) is 13.8. The Morgan fingerprint density at radius 3 is 2.33 bits per heavy atom. The molecule has 1 rings (SSSR count). The predicted octanol–water partition coefficient (Wildman–Crippen LogP) is 2.95. The first kappa shape index (κ1) is 15.4. The summed E-state index contributed by atoms with van der Waals surface area (Å²) in [5.74, 6) is -0.639. The molecule has 1 heterocycles. The third-order valence-corrected chi connectivity index (χ3v) is 6.73. The standard InChI is InChI=1S/C13H20O3S2/c1-5-11-6-7-13(17-11)12(14)8-18(15,16)10(4)9(2)3/h6-7,9-10H,5,8H2,1-4H3. The lowest BCUT2D eigenvalue weighted by atomic mass is 10.2. The van der Waals surface area contributed by atoms with Crippen LogP contribution in [0.15, 0.2) is 12.1 Å². The molecule has 1 atom stereocenters. The molecule has 0 aliphatic rings. The van der Waals surface area contributed by atoms with Gasteiger partial charge in [0.15, 0.2) is 15.6 Å². The van der Waals surface area contributed by atoms with Crippen LogP contribution in [-0.4, -0.2) is 25.2 Å². The fourth-order valence-corrected chi connectivity index (χ4v) is 4.11. The molecular weight excluding hydrogens is 268 g/mol. The highest BCUT2D eigenvalue weighted by molar-refractivity contribution is 7.92. The summed E-state index contributed by atoms with van der Waals surface area (Å²) in [7, 11) is -3.35. The number of Topliss-reactive ketones (excluding diaryl/α,β-unsaturated/α-hetero) is 1. The van der Waals surface area contributed by atoms with Gasteiger partial charge in [-0.25, -0.2) is 8.42 Å². The van der Waals surface area contributed by atoms with Crippen molar-refractivity contribution in [2.24, 2.45) is 5.92 Å². The Morgan fingerprint density at radius 2 is 1.89 bits per heavy atom. The van der Waals surface area contributed by atoms with Crippen LogP contribution in [0.4, 0.5) is 0 Å². The average Bonchev–Trinajstić information content (AvgIpc) is 2.75. The molecule has 0 fully saturated rings. The smallest absolute Gasteiger partial charge is 0.187 e. The van der Waals surface area contributed by atoms with Crippen molar-refractivity contribution in [2.45, 2.75) is 39.4 Å². The molecule has 3 nitrogen and oxygen atoms in total. The van der Waals surface area contributed by atoms with Crippen molar-refractivity contribution in [3.05, 3.63) is 21.9 Å². The zero-order chi connectivity index (χ0) is 13.9. The van der Waals surface area contributed by atoms with Crippen molar-refractivity contribution in [3.63, 3.8) is 0 Å². The molecule has 1 unspecified atom stereocenters. The molecule has 0 aliphatic heterocycles. The molecule has 0 bridgehead atoms. The Bertz CT molecular complexity index is 512. The van der Waals surface area contributed by atoms with E-state index in [2.05, 4.69) is 0 Å². The van der Waals surface area contributed by atoms with Gasteiger partial charge in [-0.2, -0.15) is 0 Å². The highest BCUT2D eigenvalue weighted by atomic mass is 32.2. The van der Waals surface area contributed by atoms with Gasteiger partial charge in [-0.05, 0) is 31.4 Å². The van der Waals surface area contributed by atoms with E-state index in [1.54, 1.807) is 13.0 Å². The van der Waals surface area contributed by atoms with Crippen molar-refractivity contribution >= 4 is 27.0 Å². The van der Waals surface area contributed by atoms with Crippen molar-refractivity contribution in [3.8, 4) is 0 Å². The summed E-state index contributed by atoms with van der Waals surface area (Å²) in [6, 6.07) is 3.61. The van der Waals surface area contributed by atoms with Crippen LogP contribution in [0, 0.1) is 5.92 Å². The van der Waals surface area contributed by atoms with E-state index in [1.165, 1.54) is 11.3 Å². The number of rotatable bonds is 6. The average molecular weight is 288 g/mol. The van der Waals surface area contributed by atoms with E-state index < -0.39 is 15.1 Å². The van der Waals surface area contributed by atoms with E-state index in [1.807, 2.05) is 26.8 Å². The molecule has 18 heavy (non-hydrogen) atoms. The first-order valence-electron chi connectivity index (χ1n) is 6.11. The van der Waals surface area contributed by atoms with Crippen LogP contribution in [0.2, 0.25) is 0 Å². The molecule has 1 aromatic rings. The number of carbonyl (C=O) groups excluding carboxylic acids is 1. The van der Waals surface area contributed by atoms with Crippen LogP contribution in [0.5, 0.6) is 0 Å². The predicted molar refractivity (Wildman–Crippen MR) is 76.1 cm³/mol. The van der Waals surface area contributed by atoms with Crippen LogP contribution in [-0.2, 0) is 16.3 Å². The van der Waals surface area contributed by atoms with Gasteiger partial charge in [0, 0.05) is 4.88 Å². The lowest BCUT2D eigenvalue weighted by Crippen LogP contribution is -2.29. The minimum absolute atomic E-state index is 0.0253. The first-order chi connectivity index (χ1) is 8.27. The van der Waals surface area contributed by atoms with E-state index in [0.717, 1.165) is 11.3 Å². The van der Waals surface area contributed by atoms with Gasteiger partial charge in [0.05, 0.1) is 10.1 Å². The van der Waals surface area contributed by atoms with Crippen molar-refractivity contribution in [1.82, 2.24) is 0 Å². The Hall–Kier alpha value is -0.680. The summed E-state index contributed by atoms with van der Waals surface area (Å²) >= 11 is 1.39. The zero-order valence-electron chi connectivity index (χ0n) is 11.3. The van der Waals surface area contributed by atoms with Crippen molar-refractivity contribution in [2.75, 3.05) is 5.75 Å². The molecule has 0 radical (unpaired) electrons. The van der Waals surface area contributed by atoms with Crippen LogP contribution in [0.1, 0.15) is 42.2 Å². The topological polar surface area (TPSA) is 51.2 Å². The molecule has 0 aromatic carbocycles. The van der Waals surface area contributed by atoms with Gasteiger partial charge in [0.25, 0.3) is 0 Å². The van der Waals surface area contributed by atoms with Gasteiger partial charge in [0.1, 0.15) is 5.75 Å². The van der Waals surface area contributed by atoms with Crippen LogP contribution in [0.3, 0.4) is 0 Å². The van der Waals surface area contributed by atoms with E-state index in [-0.39, 0.29) is 17.5 Å². The molecule has 0 amide bonds. The molecule has 0 aliphatic carbocycles. The number of thiophene rings is 1. The molecule has 1 aromatic heterocycles. The fraction of sp³-hybridized carbons (Fsp3) is 0.615. The number of carbonyl (C=O) groups is 1. The third kappa shape index (κ3) is 3.65. The summed E-state index contributed by atoms with van der Waals surface area (Å²) in [6.45, 7) is 7.39. The van der Waals surface area contributed by atoms with Crippen LogP contribution < -0.4 is 0 Å². The maximum absolute atomic E-state index is 12.0. The van der Waals surface area contributed by atoms with E-state index >= 15 is 0 Å². The number of sulfone groups is 1. The summed E-state index contributed by atoms with van der Waals surface area (Å²) in [5.41, 5.74) is 0. The van der Waals surface area contributed by atoms with Gasteiger partial charge >= 0.3 is 0 Å². The summed E-state index contributed by atoms with van der Waals surface area (Å²) < 4.78 is 24.0. The zero-order valence-corrected chi connectivity index (χ0v) is 12.9. The third-order valence-electron chi connectivity index (χ3n) is 3.12. The molecule has 5 heteroatoms. The minimum atomic E-state index is -3.35. The molecule has 0 N–H and O–H groups in total. The van der Waals surface area contributed by atoms with Gasteiger partial charge in [-0.15, -0.1) is 11.3 Å². The Balaban J connectivity index is 2.82. The summed E-state index contributed by atoms with van der Waals surface area (Å²) in [4.78, 5) is 13.6. The maximum atomic E-state index is 12.0. The fourth-order valence-electron chi connectivity index (χ4n) is 1.52. The summed E-state index contributed by atoms with van der Waals surface area (Å²) in [6.07, 6.45) is 0.868. The Morgan fingerprint density at radius 1 is 1.28 bits per heavy atom. The largest absolute Gasteiger partial charge is 0.292 e. The van der Waals surface area contributed by atoms with Gasteiger partial charge in [-0.1, -0.05) is 20.8 Å².